The van der Waals surface area contributed by atoms with Crippen LogP contribution in [0.15, 0.2) is 30.3 Å². The zero-order valence-corrected chi connectivity index (χ0v) is 25.5. The van der Waals surface area contributed by atoms with Crippen LogP contribution >= 0.6 is 0 Å². The standard InChI is InChI=1S/C27H39N5O6SSi/c1-5-38-25(33)19-39(35,36)30-21-7-8-22(23(18-21)31-12-16-40(3,4)17-13-31)27(34)29-24-9-6-20(2)26(28-24)32-10-14-37-15-11-32/h6-9,18,30H,5,10-17,19H2,1-4H3,(H,28,29,34). The maximum Gasteiger partial charge on any atom is 0.323 e. The Morgan fingerprint density at radius 3 is 2.42 bits per heavy atom. The van der Waals surface area contributed by atoms with Crippen LogP contribution in [0.1, 0.15) is 22.8 Å². The first-order chi connectivity index (χ1) is 19.0. The number of aromatic nitrogens is 1. The second-order valence-corrected chi connectivity index (χ2v) is 18.0. The molecular weight excluding hydrogens is 550 g/mol. The molecule has 218 valence electrons. The van der Waals surface area contributed by atoms with Crippen molar-refractivity contribution in [1.29, 1.82) is 0 Å². The van der Waals surface area contributed by atoms with E-state index in [0.29, 0.717) is 30.3 Å². The summed E-state index contributed by atoms with van der Waals surface area (Å²) in [6, 6.07) is 10.7. The number of amides is 1. The van der Waals surface area contributed by atoms with Crippen molar-refractivity contribution in [3.63, 3.8) is 0 Å². The summed E-state index contributed by atoms with van der Waals surface area (Å²) in [5.41, 5.74) is 2.35. The van der Waals surface area contributed by atoms with Crippen LogP contribution in [0.25, 0.3) is 0 Å². The molecule has 1 aromatic carbocycles. The van der Waals surface area contributed by atoms with Crippen LogP contribution in [0.2, 0.25) is 25.2 Å². The third kappa shape index (κ3) is 7.73. The number of nitrogens with one attached hydrogen (secondary N) is 2. The molecule has 0 saturated carbocycles. The van der Waals surface area contributed by atoms with E-state index in [4.69, 9.17) is 14.5 Å². The number of anilines is 4. The molecule has 0 spiro atoms. The molecule has 0 bridgehead atoms. The molecule has 0 aliphatic carbocycles. The number of carbonyl (C=O) groups is 2. The van der Waals surface area contributed by atoms with E-state index in [-0.39, 0.29) is 18.2 Å². The number of morpholine rings is 1. The highest BCUT2D eigenvalue weighted by atomic mass is 32.2. The highest BCUT2D eigenvalue weighted by Crippen LogP contribution is 2.32. The lowest BCUT2D eigenvalue weighted by atomic mass is 10.1. The topological polar surface area (TPSA) is 130 Å². The number of aryl methyl sites for hydroxylation is 1. The van der Waals surface area contributed by atoms with Crippen LogP contribution in [0.3, 0.4) is 0 Å². The molecule has 11 nitrogen and oxygen atoms in total. The predicted molar refractivity (Wildman–Crippen MR) is 160 cm³/mol. The van der Waals surface area contributed by atoms with Crippen LogP contribution in [0.4, 0.5) is 23.0 Å². The number of benzene rings is 1. The lowest BCUT2D eigenvalue weighted by molar-refractivity contribution is -0.139. The van der Waals surface area contributed by atoms with E-state index >= 15 is 0 Å². The summed E-state index contributed by atoms with van der Waals surface area (Å²) in [5.74, 6) is -0.684. The first-order valence-corrected chi connectivity index (χ1v) is 18.7. The van der Waals surface area contributed by atoms with E-state index in [9.17, 15) is 18.0 Å². The minimum atomic E-state index is -3.98. The molecule has 13 heteroatoms. The number of esters is 1. The molecule has 2 saturated heterocycles. The van der Waals surface area contributed by atoms with Crippen LogP contribution in [-0.2, 0) is 24.3 Å². The smallest absolute Gasteiger partial charge is 0.323 e. The summed E-state index contributed by atoms with van der Waals surface area (Å²) in [7, 11) is -5.29. The zero-order valence-electron chi connectivity index (χ0n) is 23.7. The zero-order chi connectivity index (χ0) is 28.9. The Balaban J connectivity index is 1.59. The number of sulfonamides is 1. The number of hydrogen-bond donors (Lipinski definition) is 2. The van der Waals surface area contributed by atoms with Crippen LogP contribution in [0.5, 0.6) is 0 Å². The Bertz CT molecular complexity index is 1340. The molecule has 2 fully saturated rings. The molecule has 0 unspecified atom stereocenters. The van der Waals surface area contributed by atoms with Gasteiger partial charge in [-0.1, -0.05) is 19.2 Å². The largest absolute Gasteiger partial charge is 0.465 e. The van der Waals surface area contributed by atoms with Gasteiger partial charge < -0.3 is 24.6 Å². The molecule has 0 radical (unpaired) electrons. The van der Waals surface area contributed by atoms with E-state index in [1.165, 1.54) is 6.07 Å². The molecule has 4 rings (SSSR count). The first-order valence-electron chi connectivity index (χ1n) is 13.6. The van der Waals surface area contributed by atoms with Gasteiger partial charge in [-0.05, 0) is 55.8 Å². The van der Waals surface area contributed by atoms with Gasteiger partial charge in [-0.25, -0.2) is 13.4 Å². The molecule has 2 aromatic rings. The Labute approximate surface area is 237 Å². The Hall–Kier alpha value is -3.16. The summed E-state index contributed by atoms with van der Waals surface area (Å²) in [6.07, 6.45) is 0. The van der Waals surface area contributed by atoms with Crippen LogP contribution in [0, 0.1) is 6.92 Å². The van der Waals surface area contributed by atoms with E-state index in [1.807, 2.05) is 13.0 Å². The summed E-state index contributed by atoms with van der Waals surface area (Å²) >= 11 is 0. The molecule has 1 amide bonds. The fourth-order valence-corrected chi connectivity index (χ4v) is 7.79. The minimum Gasteiger partial charge on any atom is -0.465 e. The van der Waals surface area contributed by atoms with Gasteiger partial charge in [0.2, 0.25) is 10.0 Å². The number of rotatable bonds is 9. The monoisotopic (exact) mass is 589 g/mol. The number of nitrogens with zero attached hydrogens (tertiary/aromatic N) is 3. The molecular formula is C27H39N5O6SSi. The Kier molecular flexibility index (Phi) is 9.36. The third-order valence-electron chi connectivity index (χ3n) is 7.21. The maximum absolute atomic E-state index is 13.6. The summed E-state index contributed by atoms with van der Waals surface area (Å²) in [5, 5.41) is 2.94. The molecule has 1 aromatic heterocycles. The summed E-state index contributed by atoms with van der Waals surface area (Å²) in [4.78, 5) is 34.4. The normalized spacial score (nSPS) is 17.3. The summed E-state index contributed by atoms with van der Waals surface area (Å²) in [6.45, 7) is 12.7. The van der Waals surface area contributed by atoms with Crippen LogP contribution < -0.4 is 19.8 Å². The maximum atomic E-state index is 13.6. The van der Waals surface area contributed by atoms with Gasteiger partial charge in [0.1, 0.15) is 11.6 Å². The lowest BCUT2D eigenvalue weighted by Crippen LogP contribution is -2.43. The quantitative estimate of drug-likeness (QED) is 0.334. The average molecular weight is 590 g/mol. The van der Waals surface area contributed by atoms with Gasteiger partial charge in [0.15, 0.2) is 5.75 Å². The first kappa shape index (κ1) is 29.8. The van der Waals surface area contributed by atoms with Crippen molar-refractivity contribution in [2.75, 3.05) is 71.6 Å². The number of hydrogen-bond acceptors (Lipinski definition) is 9. The van der Waals surface area contributed by atoms with Gasteiger partial charge >= 0.3 is 5.97 Å². The highest BCUT2D eigenvalue weighted by molar-refractivity contribution is 7.93. The van der Waals surface area contributed by atoms with Crippen molar-refractivity contribution in [3.05, 3.63) is 41.5 Å². The summed E-state index contributed by atoms with van der Waals surface area (Å²) < 4.78 is 37.9. The van der Waals surface area contributed by atoms with Crippen LogP contribution in [-0.4, -0.2) is 85.1 Å². The van der Waals surface area contributed by atoms with Crippen molar-refractivity contribution in [2.45, 2.75) is 39.0 Å². The molecule has 0 atom stereocenters. The molecule has 3 heterocycles. The predicted octanol–water partition coefficient (Wildman–Crippen LogP) is 3.31. The van der Waals surface area contributed by atoms with E-state index < -0.39 is 29.8 Å². The highest BCUT2D eigenvalue weighted by Gasteiger charge is 2.30. The number of carbonyl (C=O) groups excluding carboxylic acids is 2. The van der Waals surface area contributed by atoms with Gasteiger partial charge in [0.05, 0.1) is 44.8 Å². The van der Waals surface area contributed by atoms with Crippen molar-refractivity contribution in [3.8, 4) is 0 Å². The van der Waals surface area contributed by atoms with Gasteiger partial charge in [0.25, 0.3) is 5.91 Å². The number of pyridine rings is 1. The Morgan fingerprint density at radius 2 is 1.75 bits per heavy atom. The Morgan fingerprint density at radius 1 is 1.05 bits per heavy atom. The van der Waals surface area contributed by atoms with Crippen molar-refractivity contribution >= 4 is 53.0 Å². The lowest BCUT2D eigenvalue weighted by Gasteiger charge is -2.38. The molecule has 40 heavy (non-hydrogen) atoms. The van der Waals surface area contributed by atoms with Gasteiger partial charge in [-0.3, -0.25) is 14.3 Å². The van der Waals surface area contributed by atoms with E-state index in [1.54, 1.807) is 25.1 Å². The van der Waals surface area contributed by atoms with E-state index in [2.05, 4.69) is 32.9 Å². The van der Waals surface area contributed by atoms with Gasteiger partial charge in [-0.15, -0.1) is 0 Å². The second kappa shape index (κ2) is 12.6. The molecule has 2 aliphatic heterocycles. The van der Waals surface area contributed by atoms with Crippen molar-refractivity contribution in [2.24, 2.45) is 0 Å². The minimum absolute atomic E-state index is 0.0979. The molecule has 2 N–H and O–H groups in total. The van der Waals surface area contributed by atoms with E-state index in [0.717, 1.165) is 49.6 Å². The average Bonchev–Trinajstić information content (AvgIpc) is 2.89. The molecule has 2 aliphatic rings. The fourth-order valence-electron chi connectivity index (χ4n) is 4.84. The van der Waals surface area contributed by atoms with Crippen molar-refractivity contribution in [1.82, 2.24) is 4.98 Å². The SMILES string of the molecule is CCOC(=O)CS(=O)(=O)Nc1ccc(C(=O)Nc2ccc(C)c(N3CCOCC3)n2)c(N2CC[Si](C)(C)CC2)c1. The third-order valence-corrected chi connectivity index (χ3v) is 11.5. The second-order valence-electron chi connectivity index (χ2n) is 10.9. The fraction of sp³-hybridized carbons (Fsp3) is 0.519. The van der Waals surface area contributed by atoms with Gasteiger partial charge in [-0.2, -0.15) is 0 Å². The number of ether oxygens (including phenoxy) is 2. The van der Waals surface area contributed by atoms with Gasteiger partial charge in [0, 0.05) is 26.2 Å². The van der Waals surface area contributed by atoms with Crippen molar-refractivity contribution < 1.29 is 27.5 Å².